The Morgan fingerprint density at radius 1 is 1.67 bits per heavy atom. The zero-order valence-corrected chi connectivity index (χ0v) is 11.7. The van der Waals surface area contributed by atoms with Gasteiger partial charge in [0.1, 0.15) is 11.3 Å². The first-order valence-corrected chi connectivity index (χ1v) is 7.67. The molecule has 2 aliphatic heterocycles. The number of hydrogen-bond donors (Lipinski definition) is 1. The minimum Gasteiger partial charge on any atom is -0.387 e. The lowest BCUT2D eigenvalue weighted by atomic mass is 9.90. The van der Waals surface area contributed by atoms with E-state index >= 15 is 0 Å². The van der Waals surface area contributed by atoms with Crippen LogP contribution in [0.15, 0.2) is 6.33 Å². The maximum Gasteiger partial charge on any atom is 0.208 e. The molecule has 2 unspecified atom stereocenters. The molecule has 3 rings (SSSR count). The van der Waals surface area contributed by atoms with Gasteiger partial charge in [0, 0.05) is 12.4 Å². The number of aromatic nitrogens is 3. The molecule has 7 heteroatoms. The van der Waals surface area contributed by atoms with Crippen molar-refractivity contribution < 1.29 is 4.74 Å². The molecule has 2 saturated heterocycles. The Kier molecular flexibility index (Phi) is 3.29. The van der Waals surface area contributed by atoms with Gasteiger partial charge in [-0.3, -0.25) is 0 Å². The SMILES string of the molecule is NC(=S)c1ncn(C2CCOC3(CCSC3)C2)n1. The van der Waals surface area contributed by atoms with E-state index in [1.807, 2.05) is 16.4 Å². The fourth-order valence-corrected chi connectivity index (χ4v) is 4.13. The van der Waals surface area contributed by atoms with Gasteiger partial charge in [-0.2, -0.15) is 11.8 Å². The number of nitrogens with zero attached hydrogens (tertiary/aromatic N) is 3. The molecule has 98 valence electrons. The van der Waals surface area contributed by atoms with Crippen molar-refractivity contribution in [2.75, 3.05) is 18.1 Å². The first-order chi connectivity index (χ1) is 8.69. The van der Waals surface area contributed by atoms with Crippen LogP contribution < -0.4 is 5.73 Å². The highest BCUT2D eigenvalue weighted by Gasteiger charge is 2.41. The van der Waals surface area contributed by atoms with Gasteiger partial charge < -0.3 is 10.5 Å². The average molecular weight is 284 g/mol. The molecule has 3 heterocycles. The van der Waals surface area contributed by atoms with Crippen LogP contribution in [-0.2, 0) is 4.74 Å². The van der Waals surface area contributed by atoms with E-state index < -0.39 is 0 Å². The number of hydrogen-bond acceptors (Lipinski definition) is 5. The summed E-state index contributed by atoms with van der Waals surface area (Å²) in [4.78, 5) is 4.40. The lowest BCUT2D eigenvalue weighted by Crippen LogP contribution is -2.40. The summed E-state index contributed by atoms with van der Waals surface area (Å²) in [6.45, 7) is 0.799. The van der Waals surface area contributed by atoms with E-state index in [2.05, 4.69) is 10.1 Å². The topological polar surface area (TPSA) is 66.0 Å². The molecule has 1 spiro atoms. The monoisotopic (exact) mass is 284 g/mol. The molecule has 0 amide bonds. The second kappa shape index (κ2) is 4.79. The number of nitrogens with two attached hydrogens (primary N) is 1. The third-order valence-electron chi connectivity index (χ3n) is 3.64. The van der Waals surface area contributed by atoms with Gasteiger partial charge in [-0.1, -0.05) is 12.2 Å². The summed E-state index contributed by atoms with van der Waals surface area (Å²) in [5.74, 6) is 2.76. The minimum atomic E-state index is 0.0585. The van der Waals surface area contributed by atoms with Crippen molar-refractivity contribution >= 4 is 29.0 Å². The molecule has 2 fully saturated rings. The van der Waals surface area contributed by atoms with Crippen molar-refractivity contribution in [3.8, 4) is 0 Å². The Morgan fingerprint density at radius 3 is 3.22 bits per heavy atom. The first-order valence-electron chi connectivity index (χ1n) is 6.11. The van der Waals surface area contributed by atoms with Crippen LogP contribution in [0.1, 0.15) is 31.1 Å². The molecule has 2 aliphatic rings. The van der Waals surface area contributed by atoms with Crippen LogP contribution in [0.4, 0.5) is 0 Å². The molecule has 2 atom stereocenters. The summed E-state index contributed by atoms with van der Waals surface area (Å²) in [7, 11) is 0. The highest BCUT2D eigenvalue weighted by Crippen LogP contribution is 2.41. The van der Waals surface area contributed by atoms with Crippen LogP contribution >= 0.6 is 24.0 Å². The molecular weight excluding hydrogens is 268 g/mol. The number of thiocarbonyl (C=S) groups is 1. The third-order valence-corrected chi connectivity index (χ3v) is 5.04. The summed E-state index contributed by atoms with van der Waals surface area (Å²) in [6, 6.07) is 0.355. The highest BCUT2D eigenvalue weighted by atomic mass is 32.2. The smallest absolute Gasteiger partial charge is 0.208 e. The predicted molar refractivity (Wildman–Crippen MR) is 74.8 cm³/mol. The number of thioether (sulfide) groups is 1. The van der Waals surface area contributed by atoms with E-state index in [4.69, 9.17) is 22.7 Å². The average Bonchev–Trinajstić information content (AvgIpc) is 2.98. The fourth-order valence-electron chi connectivity index (χ4n) is 2.65. The second-order valence-corrected chi connectivity index (χ2v) is 6.44. The van der Waals surface area contributed by atoms with Gasteiger partial charge in [-0.15, -0.1) is 5.10 Å². The Morgan fingerprint density at radius 2 is 2.56 bits per heavy atom. The summed E-state index contributed by atoms with van der Waals surface area (Å²) < 4.78 is 7.90. The van der Waals surface area contributed by atoms with Crippen LogP contribution in [0.25, 0.3) is 0 Å². The van der Waals surface area contributed by atoms with Crippen molar-refractivity contribution in [2.45, 2.75) is 30.9 Å². The van der Waals surface area contributed by atoms with Gasteiger partial charge in [0.15, 0.2) is 0 Å². The van der Waals surface area contributed by atoms with Gasteiger partial charge in [0.05, 0.1) is 11.6 Å². The molecule has 0 radical (unpaired) electrons. The molecular formula is C11H16N4OS2. The van der Waals surface area contributed by atoms with Crippen LogP contribution in [0.3, 0.4) is 0 Å². The van der Waals surface area contributed by atoms with Crippen LogP contribution in [-0.4, -0.2) is 43.5 Å². The lowest BCUT2D eigenvalue weighted by molar-refractivity contribution is -0.0778. The van der Waals surface area contributed by atoms with Crippen LogP contribution in [0.5, 0.6) is 0 Å². The Hall–Kier alpha value is -0.660. The largest absolute Gasteiger partial charge is 0.387 e. The standard InChI is InChI=1S/C11H16N4OS2/c12-9(17)10-13-7-15(14-10)8-1-3-16-11(5-8)2-4-18-6-11/h7-8H,1-6H2,(H2,12,17). The third kappa shape index (κ3) is 2.26. The Labute approximate surface area is 115 Å². The van der Waals surface area contributed by atoms with Crippen LogP contribution in [0.2, 0.25) is 0 Å². The predicted octanol–water partition coefficient (Wildman–Crippen LogP) is 1.14. The molecule has 2 N–H and O–H groups in total. The van der Waals surface area contributed by atoms with E-state index in [1.165, 1.54) is 5.75 Å². The molecule has 0 saturated carbocycles. The quantitative estimate of drug-likeness (QED) is 0.822. The molecule has 18 heavy (non-hydrogen) atoms. The van der Waals surface area contributed by atoms with Crippen molar-refractivity contribution in [1.29, 1.82) is 0 Å². The molecule has 0 aliphatic carbocycles. The second-order valence-electron chi connectivity index (χ2n) is 4.89. The van der Waals surface area contributed by atoms with Gasteiger partial charge in [-0.25, -0.2) is 9.67 Å². The lowest BCUT2D eigenvalue weighted by Gasteiger charge is -2.37. The van der Waals surface area contributed by atoms with Gasteiger partial charge >= 0.3 is 0 Å². The fraction of sp³-hybridized carbons (Fsp3) is 0.727. The summed E-state index contributed by atoms with van der Waals surface area (Å²) in [5.41, 5.74) is 5.60. The summed E-state index contributed by atoms with van der Waals surface area (Å²) >= 11 is 6.86. The molecule has 1 aromatic heterocycles. The molecule has 5 nitrogen and oxygen atoms in total. The van der Waals surface area contributed by atoms with Gasteiger partial charge in [0.25, 0.3) is 0 Å². The zero-order chi connectivity index (χ0) is 12.6. The van der Waals surface area contributed by atoms with E-state index in [1.54, 1.807) is 6.33 Å². The van der Waals surface area contributed by atoms with E-state index in [-0.39, 0.29) is 10.6 Å². The maximum atomic E-state index is 6.00. The summed E-state index contributed by atoms with van der Waals surface area (Å²) in [6.07, 6.45) is 4.87. The Bertz CT molecular complexity index is 456. The number of ether oxygens (including phenoxy) is 1. The van der Waals surface area contributed by atoms with Crippen molar-refractivity contribution in [3.05, 3.63) is 12.2 Å². The number of rotatable bonds is 2. The van der Waals surface area contributed by atoms with Gasteiger partial charge in [0.2, 0.25) is 5.82 Å². The van der Waals surface area contributed by atoms with E-state index in [0.29, 0.717) is 11.9 Å². The van der Waals surface area contributed by atoms with E-state index in [9.17, 15) is 0 Å². The van der Waals surface area contributed by atoms with Crippen molar-refractivity contribution in [2.24, 2.45) is 5.73 Å². The minimum absolute atomic E-state index is 0.0585. The zero-order valence-electron chi connectivity index (χ0n) is 10.0. The van der Waals surface area contributed by atoms with Crippen LogP contribution in [0, 0.1) is 0 Å². The van der Waals surface area contributed by atoms with Gasteiger partial charge in [-0.05, 0) is 25.0 Å². The summed E-state index contributed by atoms with van der Waals surface area (Å²) in [5, 5.41) is 4.36. The van der Waals surface area contributed by atoms with Crippen molar-refractivity contribution in [3.63, 3.8) is 0 Å². The Balaban J connectivity index is 1.76. The van der Waals surface area contributed by atoms with E-state index in [0.717, 1.165) is 31.6 Å². The highest BCUT2D eigenvalue weighted by molar-refractivity contribution is 7.99. The van der Waals surface area contributed by atoms with Crippen molar-refractivity contribution in [1.82, 2.24) is 14.8 Å². The first kappa shape index (κ1) is 12.4. The molecule has 0 bridgehead atoms. The normalized spacial score (nSPS) is 31.9. The molecule has 1 aromatic rings. The maximum absolute atomic E-state index is 6.00. The molecule has 0 aromatic carbocycles.